The van der Waals surface area contributed by atoms with E-state index in [0.29, 0.717) is 5.15 Å². The molecule has 2 rings (SSSR count). The van der Waals surface area contributed by atoms with Crippen LogP contribution >= 0.6 is 11.6 Å². The predicted octanol–water partition coefficient (Wildman–Crippen LogP) is 5.43. The fraction of sp³-hybridized carbons (Fsp3) is 0.643. The maximum Gasteiger partial charge on any atom is 0.241 e. The second kappa shape index (κ2) is 9.26. The molecular formula is C14H22ClF2N. The number of hydrogen-bond donors (Lipinski definition) is 0. The van der Waals surface area contributed by atoms with Crippen molar-refractivity contribution in [2.75, 3.05) is 0 Å². The van der Waals surface area contributed by atoms with Crippen molar-refractivity contribution in [3.63, 3.8) is 0 Å². The minimum absolute atomic E-state index is 0.250. The smallest absolute Gasteiger partial charge is 0.241 e. The lowest BCUT2D eigenvalue weighted by atomic mass is 9.86. The Morgan fingerprint density at radius 3 is 2.00 bits per heavy atom. The van der Waals surface area contributed by atoms with Crippen LogP contribution in [-0.4, -0.2) is 11.4 Å². The van der Waals surface area contributed by atoms with Crippen molar-refractivity contribution in [1.82, 2.24) is 4.98 Å². The zero-order chi connectivity index (χ0) is 14.1. The highest BCUT2D eigenvalue weighted by molar-refractivity contribution is 6.29. The van der Waals surface area contributed by atoms with Crippen LogP contribution in [0, 0.1) is 19.8 Å². The van der Waals surface area contributed by atoms with Crippen LogP contribution in [-0.2, 0) is 0 Å². The fourth-order valence-electron chi connectivity index (χ4n) is 1.28. The maximum absolute atomic E-state index is 11.5. The third-order valence-corrected chi connectivity index (χ3v) is 3.05. The molecule has 0 atom stereocenters. The van der Waals surface area contributed by atoms with Crippen LogP contribution < -0.4 is 0 Å². The number of halogens is 3. The van der Waals surface area contributed by atoms with E-state index in [4.69, 9.17) is 11.6 Å². The largest absolute Gasteiger partial charge is 0.244 e. The molecule has 1 fully saturated rings. The van der Waals surface area contributed by atoms with Crippen LogP contribution in [0.15, 0.2) is 12.3 Å². The summed E-state index contributed by atoms with van der Waals surface area (Å²) in [5, 5.41) is 0.568. The lowest BCUT2D eigenvalue weighted by Gasteiger charge is -2.23. The molecule has 0 spiro atoms. The van der Waals surface area contributed by atoms with Gasteiger partial charge in [0.05, 0.1) is 0 Å². The Kier molecular flexibility index (Phi) is 8.90. The van der Waals surface area contributed by atoms with Crippen molar-refractivity contribution in [3.05, 3.63) is 28.5 Å². The van der Waals surface area contributed by atoms with Gasteiger partial charge in [-0.25, -0.2) is 13.8 Å². The topological polar surface area (TPSA) is 12.9 Å². The number of aryl methyl sites for hydroxylation is 2. The molecule has 1 aromatic heterocycles. The molecule has 0 saturated heterocycles. The molecule has 0 amide bonds. The lowest BCUT2D eigenvalue weighted by molar-refractivity contribution is 0.0345. The first-order chi connectivity index (χ1) is 8.50. The highest BCUT2D eigenvalue weighted by atomic mass is 35.5. The van der Waals surface area contributed by atoms with Crippen molar-refractivity contribution in [2.45, 2.75) is 53.4 Å². The summed E-state index contributed by atoms with van der Waals surface area (Å²) in [7, 11) is 0. The first-order valence-corrected chi connectivity index (χ1v) is 6.75. The van der Waals surface area contributed by atoms with E-state index in [0.717, 1.165) is 19.3 Å². The third-order valence-electron chi connectivity index (χ3n) is 2.85. The summed E-state index contributed by atoms with van der Waals surface area (Å²) in [4.78, 5) is 3.90. The van der Waals surface area contributed by atoms with Gasteiger partial charge in [0.1, 0.15) is 5.15 Å². The average Bonchev–Trinajstić information content (AvgIpc) is 2.24. The SMILES string of the molecule is CC.Cc1cnc(Cl)cc1C.FC(F)C1CCC1. The van der Waals surface area contributed by atoms with E-state index in [9.17, 15) is 8.78 Å². The van der Waals surface area contributed by atoms with E-state index in [1.165, 1.54) is 11.1 Å². The molecule has 1 nitrogen and oxygen atoms in total. The Balaban J connectivity index is 0.000000289. The molecule has 18 heavy (non-hydrogen) atoms. The van der Waals surface area contributed by atoms with E-state index < -0.39 is 6.43 Å². The Hall–Kier alpha value is -0.700. The monoisotopic (exact) mass is 277 g/mol. The van der Waals surface area contributed by atoms with Crippen molar-refractivity contribution in [2.24, 2.45) is 5.92 Å². The van der Waals surface area contributed by atoms with E-state index in [1.807, 2.05) is 33.8 Å². The van der Waals surface area contributed by atoms with Crippen molar-refractivity contribution in [1.29, 1.82) is 0 Å². The van der Waals surface area contributed by atoms with E-state index >= 15 is 0 Å². The maximum atomic E-state index is 11.5. The van der Waals surface area contributed by atoms with Crippen LogP contribution in [0.25, 0.3) is 0 Å². The van der Waals surface area contributed by atoms with Crippen LogP contribution in [0.3, 0.4) is 0 Å². The van der Waals surface area contributed by atoms with Gasteiger partial charge in [0, 0.05) is 12.1 Å². The number of pyridine rings is 1. The van der Waals surface area contributed by atoms with Crippen molar-refractivity contribution in [3.8, 4) is 0 Å². The summed E-state index contributed by atoms with van der Waals surface area (Å²) in [6.45, 7) is 8.03. The number of alkyl halides is 2. The van der Waals surface area contributed by atoms with E-state index in [1.54, 1.807) is 6.20 Å². The van der Waals surface area contributed by atoms with Gasteiger partial charge in [-0.15, -0.1) is 0 Å². The Morgan fingerprint density at radius 2 is 1.78 bits per heavy atom. The van der Waals surface area contributed by atoms with Gasteiger partial charge in [-0.1, -0.05) is 31.9 Å². The molecule has 0 aliphatic heterocycles. The number of hydrogen-bond acceptors (Lipinski definition) is 1. The van der Waals surface area contributed by atoms with Crippen LogP contribution in [0.4, 0.5) is 8.78 Å². The van der Waals surface area contributed by atoms with Gasteiger partial charge in [-0.2, -0.15) is 0 Å². The molecule has 1 saturated carbocycles. The number of aromatic nitrogens is 1. The van der Waals surface area contributed by atoms with Gasteiger partial charge < -0.3 is 0 Å². The number of nitrogens with zero attached hydrogens (tertiary/aromatic N) is 1. The van der Waals surface area contributed by atoms with Gasteiger partial charge in [-0.3, -0.25) is 0 Å². The zero-order valence-corrected chi connectivity index (χ0v) is 12.3. The number of rotatable bonds is 1. The summed E-state index contributed by atoms with van der Waals surface area (Å²) in [5.41, 5.74) is 2.37. The normalized spacial score (nSPS) is 14.0. The second-order valence-corrected chi connectivity index (χ2v) is 4.50. The molecule has 0 bridgehead atoms. The quantitative estimate of drug-likeness (QED) is 0.624. The van der Waals surface area contributed by atoms with Crippen LogP contribution in [0.5, 0.6) is 0 Å². The summed E-state index contributed by atoms with van der Waals surface area (Å²) in [6.07, 6.45) is 2.23. The van der Waals surface area contributed by atoms with Crippen molar-refractivity contribution >= 4 is 11.6 Å². The average molecular weight is 278 g/mol. The molecule has 1 heterocycles. The first kappa shape index (κ1) is 17.3. The fourth-order valence-corrected chi connectivity index (χ4v) is 1.49. The molecule has 1 aliphatic carbocycles. The van der Waals surface area contributed by atoms with Gasteiger partial charge in [-0.05, 0) is 43.9 Å². The molecule has 104 valence electrons. The first-order valence-electron chi connectivity index (χ1n) is 6.37. The van der Waals surface area contributed by atoms with Crippen molar-refractivity contribution < 1.29 is 8.78 Å². The minimum atomic E-state index is -2.05. The molecular weight excluding hydrogens is 256 g/mol. The molecule has 0 radical (unpaired) electrons. The highest BCUT2D eigenvalue weighted by Gasteiger charge is 2.26. The standard InChI is InChI=1S/C7H8ClN.C5H8F2.C2H6/c1-5-3-7(8)9-4-6(5)2;6-5(7)4-2-1-3-4;1-2/h3-4H,1-2H3;4-5H,1-3H2;1-2H3. The molecule has 1 aromatic rings. The third kappa shape index (κ3) is 6.29. The summed E-state index contributed by atoms with van der Waals surface area (Å²) in [6, 6.07) is 1.86. The van der Waals surface area contributed by atoms with E-state index in [-0.39, 0.29) is 5.92 Å². The van der Waals surface area contributed by atoms with Crippen LogP contribution in [0.1, 0.15) is 44.2 Å². The summed E-state index contributed by atoms with van der Waals surface area (Å²) in [5.74, 6) is -0.250. The highest BCUT2D eigenvalue weighted by Crippen LogP contribution is 2.31. The van der Waals surface area contributed by atoms with Gasteiger partial charge in [0.15, 0.2) is 0 Å². The molecule has 0 unspecified atom stereocenters. The molecule has 0 aromatic carbocycles. The zero-order valence-electron chi connectivity index (χ0n) is 11.5. The summed E-state index contributed by atoms with van der Waals surface area (Å²) < 4.78 is 23.0. The van der Waals surface area contributed by atoms with Gasteiger partial charge >= 0.3 is 0 Å². The van der Waals surface area contributed by atoms with Crippen LogP contribution in [0.2, 0.25) is 5.15 Å². The Morgan fingerprint density at radius 1 is 1.22 bits per heavy atom. The molecule has 0 N–H and O–H groups in total. The molecule has 1 aliphatic rings. The molecule has 4 heteroatoms. The lowest BCUT2D eigenvalue weighted by Crippen LogP contribution is -2.18. The van der Waals surface area contributed by atoms with Gasteiger partial charge in [0.2, 0.25) is 6.43 Å². The van der Waals surface area contributed by atoms with E-state index in [2.05, 4.69) is 4.98 Å². The minimum Gasteiger partial charge on any atom is -0.244 e. The Labute approximate surface area is 114 Å². The van der Waals surface area contributed by atoms with Gasteiger partial charge in [0.25, 0.3) is 0 Å². The Bertz CT molecular complexity index is 339. The second-order valence-electron chi connectivity index (χ2n) is 4.12. The predicted molar refractivity (Wildman–Crippen MR) is 73.4 cm³/mol. The summed E-state index contributed by atoms with van der Waals surface area (Å²) >= 11 is 5.61.